The molecule has 0 amide bonds. The SMILES string of the molecule is NCc1ncnn1Cc1ccn(C2CCCC2)n1. The molecule has 6 nitrogen and oxygen atoms in total. The van der Waals surface area contributed by atoms with Gasteiger partial charge in [-0.1, -0.05) is 12.8 Å². The number of hydrogen-bond acceptors (Lipinski definition) is 4. The molecule has 1 aliphatic carbocycles. The van der Waals surface area contributed by atoms with Crippen LogP contribution in [0, 0.1) is 0 Å². The van der Waals surface area contributed by atoms with Crippen molar-refractivity contribution >= 4 is 0 Å². The summed E-state index contributed by atoms with van der Waals surface area (Å²) in [6.07, 6.45) is 8.75. The highest BCUT2D eigenvalue weighted by atomic mass is 15.4. The average molecular weight is 246 g/mol. The maximum absolute atomic E-state index is 5.60. The first-order chi connectivity index (χ1) is 8.86. The van der Waals surface area contributed by atoms with Crippen LogP contribution in [0.25, 0.3) is 0 Å². The Bertz CT molecular complexity index is 508. The molecule has 0 saturated heterocycles. The van der Waals surface area contributed by atoms with E-state index in [9.17, 15) is 0 Å². The number of nitrogens with two attached hydrogens (primary N) is 1. The summed E-state index contributed by atoms with van der Waals surface area (Å²) in [5.74, 6) is 0.797. The van der Waals surface area contributed by atoms with Crippen LogP contribution in [0.2, 0.25) is 0 Å². The summed E-state index contributed by atoms with van der Waals surface area (Å²) in [4.78, 5) is 4.11. The van der Waals surface area contributed by atoms with E-state index < -0.39 is 0 Å². The van der Waals surface area contributed by atoms with Crippen molar-refractivity contribution in [1.29, 1.82) is 0 Å². The summed E-state index contributed by atoms with van der Waals surface area (Å²) in [7, 11) is 0. The fourth-order valence-corrected chi connectivity index (χ4v) is 2.57. The Hall–Kier alpha value is -1.69. The Labute approximate surface area is 106 Å². The van der Waals surface area contributed by atoms with Crippen molar-refractivity contribution < 1.29 is 0 Å². The molecule has 2 aromatic rings. The topological polar surface area (TPSA) is 74.5 Å². The van der Waals surface area contributed by atoms with Crippen molar-refractivity contribution in [2.24, 2.45) is 5.73 Å². The predicted molar refractivity (Wildman–Crippen MR) is 66.7 cm³/mol. The zero-order valence-electron chi connectivity index (χ0n) is 10.4. The molecule has 6 heteroatoms. The summed E-state index contributed by atoms with van der Waals surface area (Å²) < 4.78 is 3.91. The first kappa shape index (κ1) is 11.4. The molecule has 0 aliphatic heterocycles. The third kappa shape index (κ3) is 2.15. The van der Waals surface area contributed by atoms with Crippen LogP contribution in [-0.2, 0) is 13.1 Å². The van der Waals surface area contributed by atoms with Crippen molar-refractivity contribution in [3.63, 3.8) is 0 Å². The van der Waals surface area contributed by atoms with E-state index in [1.54, 1.807) is 4.68 Å². The Morgan fingerprint density at radius 3 is 2.94 bits per heavy atom. The van der Waals surface area contributed by atoms with Crippen LogP contribution in [0.5, 0.6) is 0 Å². The average Bonchev–Trinajstić information content (AvgIpc) is 3.10. The standard InChI is InChI=1S/C12H18N6/c13-7-12-14-9-15-18(12)8-10-5-6-17(16-10)11-3-1-2-4-11/h5-6,9,11H,1-4,7-8,13H2. The highest BCUT2D eigenvalue weighted by Gasteiger charge is 2.17. The number of rotatable bonds is 4. The van der Waals surface area contributed by atoms with Gasteiger partial charge in [0.05, 0.1) is 24.8 Å². The van der Waals surface area contributed by atoms with Crippen molar-refractivity contribution in [2.45, 2.75) is 44.8 Å². The zero-order chi connectivity index (χ0) is 12.4. The van der Waals surface area contributed by atoms with E-state index in [2.05, 4.69) is 32.1 Å². The second kappa shape index (κ2) is 4.89. The maximum atomic E-state index is 5.60. The third-order valence-electron chi connectivity index (χ3n) is 3.55. The molecule has 1 aliphatic rings. The van der Waals surface area contributed by atoms with Gasteiger partial charge in [-0.15, -0.1) is 0 Å². The molecule has 2 aromatic heterocycles. The second-order valence-electron chi connectivity index (χ2n) is 4.76. The van der Waals surface area contributed by atoms with Crippen molar-refractivity contribution in [3.8, 4) is 0 Å². The van der Waals surface area contributed by atoms with Crippen LogP contribution >= 0.6 is 0 Å². The molecule has 0 spiro atoms. The fourth-order valence-electron chi connectivity index (χ4n) is 2.57. The summed E-state index contributed by atoms with van der Waals surface area (Å²) in [5.41, 5.74) is 6.62. The highest BCUT2D eigenvalue weighted by Crippen LogP contribution is 2.28. The molecule has 0 unspecified atom stereocenters. The Morgan fingerprint density at radius 2 is 2.17 bits per heavy atom. The summed E-state index contributed by atoms with van der Waals surface area (Å²) >= 11 is 0. The molecule has 18 heavy (non-hydrogen) atoms. The minimum Gasteiger partial charge on any atom is -0.324 e. The maximum Gasteiger partial charge on any atom is 0.141 e. The van der Waals surface area contributed by atoms with Gasteiger partial charge in [0.15, 0.2) is 0 Å². The molecule has 0 aromatic carbocycles. The Balaban J connectivity index is 1.73. The fraction of sp³-hybridized carbons (Fsp3) is 0.583. The van der Waals surface area contributed by atoms with Gasteiger partial charge in [0.25, 0.3) is 0 Å². The summed E-state index contributed by atoms with van der Waals surface area (Å²) in [5, 5.41) is 8.80. The van der Waals surface area contributed by atoms with Gasteiger partial charge in [-0.05, 0) is 18.9 Å². The zero-order valence-corrected chi connectivity index (χ0v) is 10.4. The molecule has 1 fully saturated rings. The molecular formula is C12H18N6. The van der Waals surface area contributed by atoms with Crippen molar-refractivity contribution in [3.05, 3.63) is 30.1 Å². The quantitative estimate of drug-likeness (QED) is 0.876. The van der Waals surface area contributed by atoms with Gasteiger partial charge in [-0.25, -0.2) is 9.67 Å². The van der Waals surface area contributed by atoms with Gasteiger partial charge < -0.3 is 5.73 Å². The van der Waals surface area contributed by atoms with Crippen molar-refractivity contribution in [1.82, 2.24) is 24.5 Å². The van der Waals surface area contributed by atoms with Gasteiger partial charge >= 0.3 is 0 Å². The Kier molecular flexibility index (Phi) is 3.10. The minimum absolute atomic E-state index is 0.406. The van der Waals surface area contributed by atoms with Crippen LogP contribution in [0.3, 0.4) is 0 Å². The van der Waals surface area contributed by atoms with Crippen LogP contribution in [0.1, 0.15) is 43.2 Å². The molecule has 96 valence electrons. The lowest BCUT2D eigenvalue weighted by Crippen LogP contribution is -2.12. The van der Waals surface area contributed by atoms with E-state index >= 15 is 0 Å². The van der Waals surface area contributed by atoms with Crippen LogP contribution in [0.15, 0.2) is 18.6 Å². The molecule has 0 atom stereocenters. The highest BCUT2D eigenvalue weighted by molar-refractivity contribution is 5.02. The number of aromatic nitrogens is 5. The smallest absolute Gasteiger partial charge is 0.141 e. The normalized spacial score (nSPS) is 16.5. The minimum atomic E-state index is 0.406. The van der Waals surface area contributed by atoms with Gasteiger partial charge in [-0.3, -0.25) is 4.68 Å². The Morgan fingerprint density at radius 1 is 1.33 bits per heavy atom. The van der Waals surface area contributed by atoms with Crippen LogP contribution in [0.4, 0.5) is 0 Å². The molecule has 0 radical (unpaired) electrons. The first-order valence-electron chi connectivity index (χ1n) is 6.47. The molecule has 2 heterocycles. The lowest BCUT2D eigenvalue weighted by Gasteiger charge is -2.09. The van der Waals surface area contributed by atoms with Crippen molar-refractivity contribution in [2.75, 3.05) is 0 Å². The lowest BCUT2D eigenvalue weighted by molar-refractivity contribution is 0.460. The second-order valence-corrected chi connectivity index (χ2v) is 4.76. The molecule has 3 rings (SSSR count). The van der Waals surface area contributed by atoms with E-state index in [-0.39, 0.29) is 0 Å². The number of hydrogen-bond donors (Lipinski definition) is 1. The first-order valence-corrected chi connectivity index (χ1v) is 6.47. The molecule has 1 saturated carbocycles. The summed E-state index contributed by atoms with van der Waals surface area (Å²) in [6.45, 7) is 1.05. The van der Waals surface area contributed by atoms with Gasteiger partial charge in [0, 0.05) is 6.20 Å². The van der Waals surface area contributed by atoms with Gasteiger partial charge in [-0.2, -0.15) is 10.2 Å². The van der Waals surface area contributed by atoms with Gasteiger partial charge in [0.1, 0.15) is 12.2 Å². The summed E-state index contributed by atoms with van der Waals surface area (Å²) in [6, 6.07) is 2.64. The van der Waals surface area contributed by atoms with Crippen LogP contribution in [-0.4, -0.2) is 24.5 Å². The number of nitrogens with zero attached hydrogens (tertiary/aromatic N) is 5. The van der Waals surface area contributed by atoms with E-state index in [1.165, 1.54) is 32.0 Å². The molecular weight excluding hydrogens is 228 g/mol. The lowest BCUT2D eigenvalue weighted by atomic mass is 10.3. The monoisotopic (exact) mass is 246 g/mol. The third-order valence-corrected chi connectivity index (χ3v) is 3.55. The van der Waals surface area contributed by atoms with E-state index in [0.717, 1.165) is 11.5 Å². The van der Waals surface area contributed by atoms with E-state index in [0.29, 0.717) is 19.1 Å². The van der Waals surface area contributed by atoms with Gasteiger partial charge in [0.2, 0.25) is 0 Å². The largest absolute Gasteiger partial charge is 0.324 e. The van der Waals surface area contributed by atoms with E-state index in [1.807, 2.05) is 0 Å². The predicted octanol–water partition coefficient (Wildman–Crippen LogP) is 1.10. The van der Waals surface area contributed by atoms with E-state index in [4.69, 9.17) is 5.73 Å². The molecule has 0 bridgehead atoms. The molecule has 2 N–H and O–H groups in total. The van der Waals surface area contributed by atoms with Crippen LogP contribution < -0.4 is 5.73 Å².